The molecule has 2 rings (SSSR count). The van der Waals surface area contributed by atoms with Crippen molar-refractivity contribution in [1.82, 2.24) is 10.2 Å². The lowest BCUT2D eigenvalue weighted by atomic mass is 10.1. The molecule has 0 fully saturated rings. The van der Waals surface area contributed by atoms with Crippen LogP contribution < -0.4 is 5.32 Å². The van der Waals surface area contributed by atoms with Crippen LogP contribution in [-0.2, 0) is 4.79 Å². The van der Waals surface area contributed by atoms with Gasteiger partial charge in [-0.3, -0.25) is 4.79 Å². The van der Waals surface area contributed by atoms with E-state index in [2.05, 4.69) is 15.5 Å². The maximum atomic E-state index is 10.4. The third-order valence-electron chi connectivity index (χ3n) is 2.27. The fraction of sp³-hybridized carbons (Fsp3) is 0. The van der Waals surface area contributed by atoms with Gasteiger partial charge in [-0.1, -0.05) is 23.7 Å². The van der Waals surface area contributed by atoms with E-state index in [1.54, 1.807) is 30.3 Å². The van der Waals surface area contributed by atoms with Gasteiger partial charge in [-0.2, -0.15) is 5.26 Å². The normalized spacial score (nSPS) is 9.56. The van der Waals surface area contributed by atoms with Crippen molar-refractivity contribution in [3.63, 3.8) is 0 Å². The van der Waals surface area contributed by atoms with Crippen molar-refractivity contribution in [2.24, 2.45) is 0 Å². The van der Waals surface area contributed by atoms with Crippen LogP contribution in [0.3, 0.4) is 0 Å². The van der Waals surface area contributed by atoms with E-state index in [4.69, 9.17) is 16.9 Å². The van der Waals surface area contributed by atoms with Gasteiger partial charge in [0.1, 0.15) is 0 Å². The number of halogens is 1. The second-order valence-corrected chi connectivity index (χ2v) is 3.74. The van der Waals surface area contributed by atoms with E-state index in [0.717, 1.165) is 5.56 Å². The topological polar surface area (TPSA) is 78.7 Å². The van der Waals surface area contributed by atoms with Gasteiger partial charge in [0.15, 0.2) is 5.15 Å². The highest BCUT2D eigenvalue weighted by atomic mass is 35.5. The van der Waals surface area contributed by atoms with E-state index >= 15 is 0 Å². The maximum Gasteiger partial charge on any atom is 0.211 e. The highest BCUT2D eigenvalue weighted by Crippen LogP contribution is 2.24. The summed E-state index contributed by atoms with van der Waals surface area (Å²) in [7, 11) is 0. The number of carbonyl (C=O) groups is 1. The second kappa shape index (κ2) is 5.25. The van der Waals surface area contributed by atoms with Crippen molar-refractivity contribution in [2.75, 3.05) is 5.32 Å². The Kier molecular flexibility index (Phi) is 3.51. The Labute approximate surface area is 108 Å². The average Bonchev–Trinajstić information content (AvgIpc) is 2.42. The molecule has 5 nitrogen and oxygen atoms in total. The maximum absolute atomic E-state index is 10.4. The smallest absolute Gasteiger partial charge is 0.211 e. The summed E-state index contributed by atoms with van der Waals surface area (Å²) in [5.74, 6) is 0. The predicted molar refractivity (Wildman–Crippen MR) is 66.9 cm³/mol. The van der Waals surface area contributed by atoms with Crippen LogP contribution in [0.5, 0.6) is 0 Å². The van der Waals surface area contributed by atoms with Gasteiger partial charge in [0.05, 0.1) is 23.0 Å². The zero-order chi connectivity index (χ0) is 13.0. The molecular weight excluding hydrogens is 252 g/mol. The van der Waals surface area contributed by atoms with Gasteiger partial charge in [0, 0.05) is 5.56 Å². The molecule has 18 heavy (non-hydrogen) atoms. The Morgan fingerprint density at radius 3 is 2.61 bits per heavy atom. The predicted octanol–water partition coefficient (Wildman–Crippen LogP) is 2.24. The number of nitrogens with zero attached hydrogens (tertiary/aromatic N) is 3. The summed E-state index contributed by atoms with van der Waals surface area (Å²) in [6.45, 7) is 0. The van der Waals surface area contributed by atoms with Crippen LogP contribution in [0.15, 0.2) is 30.3 Å². The lowest BCUT2D eigenvalue weighted by Gasteiger charge is -2.04. The molecule has 1 aromatic heterocycles. The standard InChI is InChI=1S/C12H7ClN4O/c13-12-11(15-7-18)5-10(16-17-12)9-3-1-8(6-14)2-4-9/h1-5,7H,(H,15,16,18). The van der Waals surface area contributed by atoms with Crippen LogP contribution in [-0.4, -0.2) is 16.6 Å². The van der Waals surface area contributed by atoms with Gasteiger partial charge in [-0.15, -0.1) is 10.2 Å². The molecule has 0 spiro atoms. The van der Waals surface area contributed by atoms with Gasteiger partial charge >= 0.3 is 0 Å². The molecule has 0 atom stereocenters. The average molecular weight is 259 g/mol. The van der Waals surface area contributed by atoms with Crippen LogP contribution >= 0.6 is 11.6 Å². The minimum absolute atomic E-state index is 0.125. The molecule has 0 aliphatic rings. The summed E-state index contributed by atoms with van der Waals surface area (Å²) in [5.41, 5.74) is 2.30. The third-order valence-corrected chi connectivity index (χ3v) is 2.55. The molecule has 0 saturated carbocycles. The number of carbonyl (C=O) groups excluding carboxylic acids is 1. The van der Waals surface area contributed by atoms with Crippen LogP contribution in [0, 0.1) is 11.3 Å². The van der Waals surface area contributed by atoms with E-state index in [-0.39, 0.29) is 5.15 Å². The Balaban J connectivity index is 2.41. The zero-order valence-corrected chi connectivity index (χ0v) is 9.85. The Bertz CT molecular complexity index is 619. The van der Waals surface area contributed by atoms with Crippen LogP contribution in [0.25, 0.3) is 11.3 Å². The van der Waals surface area contributed by atoms with Gasteiger partial charge in [-0.05, 0) is 18.2 Å². The molecule has 2 aromatic rings. The van der Waals surface area contributed by atoms with Gasteiger partial charge in [0.2, 0.25) is 6.41 Å². The van der Waals surface area contributed by atoms with E-state index in [1.165, 1.54) is 0 Å². The summed E-state index contributed by atoms with van der Waals surface area (Å²) < 4.78 is 0. The van der Waals surface area contributed by atoms with Crippen LogP contribution in [0.4, 0.5) is 5.69 Å². The monoisotopic (exact) mass is 258 g/mol. The summed E-state index contributed by atoms with van der Waals surface area (Å²) in [4.78, 5) is 10.4. The molecule has 0 aliphatic heterocycles. The number of rotatable bonds is 3. The molecule has 0 unspecified atom stereocenters. The summed E-state index contributed by atoms with van der Waals surface area (Å²) in [5, 5.41) is 18.9. The highest BCUT2D eigenvalue weighted by Gasteiger charge is 2.06. The van der Waals surface area contributed by atoms with E-state index < -0.39 is 0 Å². The summed E-state index contributed by atoms with van der Waals surface area (Å²) >= 11 is 5.77. The molecular formula is C12H7ClN4O. The molecule has 1 heterocycles. The fourth-order valence-corrected chi connectivity index (χ4v) is 1.54. The van der Waals surface area contributed by atoms with E-state index in [0.29, 0.717) is 23.4 Å². The van der Waals surface area contributed by atoms with Crippen molar-refractivity contribution in [1.29, 1.82) is 5.26 Å². The molecule has 0 aliphatic carbocycles. The van der Waals surface area contributed by atoms with E-state index in [1.807, 2.05) is 6.07 Å². The van der Waals surface area contributed by atoms with E-state index in [9.17, 15) is 4.79 Å². The van der Waals surface area contributed by atoms with Crippen molar-refractivity contribution in [3.05, 3.63) is 41.0 Å². The zero-order valence-electron chi connectivity index (χ0n) is 9.09. The number of nitrogens with one attached hydrogen (secondary N) is 1. The first kappa shape index (κ1) is 12.0. The number of nitriles is 1. The Morgan fingerprint density at radius 2 is 2.00 bits per heavy atom. The number of hydrogen-bond acceptors (Lipinski definition) is 4. The molecule has 1 aromatic carbocycles. The molecule has 88 valence electrons. The minimum atomic E-state index is 0.125. The van der Waals surface area contributed by atoms with Crippen molar-refractivity contribution >= 4 is 23.7 Å². The third kappa shape index (κ3) is 2.44. The van der Waals surface area contributed by atoms with Crippen molar-refractivity contribution < 1.29 is 4.79 Å². The molecule has 0 bridgehead atoms. The van der Waals surface area contributed by atoms with Gasteiger partial charge in [-0.25, -0.2) is 0 Å². The summed E-state index contributed by atoms with van der Waals surface area (Å²) in [6.07, 6.45) is 0.519. The molecule has 6 heteroatoms. The lowest BCUT2D eigenvalue weighted by molar-refractivity contribution is -0.105. The molecule has 1 N–H and O–H groups in total. The SMILES string of the molecule is N#Cc1ccc(-c2cc(NC=O)c(Cl)nn2)cc1. The van der Waals surface area contributed by atoms with Crippen molar-refractivity contribution in [3.8, 4) is 17.3 Å². The first-order chi connectivity index (χ1) is 8.74. The minimum Gasteiger partial charge on any atom is -0.326 e. The molecule has 1 amide bonds. The fourth-order valence-electron chi connectivity index (χ4n) is 1.40. The van der Waals surface area contributed by atoms with Crippen LogP contribution in [0.2, 0.25) is 5.15 Å². The second-order valence-electron chi connectivity index (χ2n) is 3.39. The molecule has 0 radical (unpaired) electrons. The highest BCUT2D eigenvalue weighted by molar-refractivity contribution is 6.32. The Morgan fingerprint density at radius 1 is 1.28 bits per heavy atom. The first-order valence-corrected chi connectivity index (χ1v) is 5.36. The quantitative estimate of drug-likeness (QED) is 0.857. The molecule has 0 saturated heterocycles. The number of amides is 1. The number of aromatic nitrogens is 2. The van der Waals surface area contributed by atoms with Gasteiger partial charge in [0.25, 0.3) is 0 Å². The van der Waals surface area contributed by atoms with Crippen molar-refractivity contribution in [2.45, 2.75) is 0 Å². The lowest BCUT2D eigenvalue weighted by Crippen LogP contribution is -1.98. The van der Waals surface area contributed by atoms with Crippen LogP contribution in [0.1, 0.15) is 5.56 Å². The first-order valence-electron chi connectivity index (χ1n) is 4.98. The largest absolute Gasteiger partial charge is 0.326 e. The van der Waals surface area contributed by atoms with Gasteiger partial charge < -0.3 is 5.32 Å². The number of hydrogen-bond donors (Lipinski definition) is 1. The summed E-state index contributed by atoms with van der Waals surface area (Å²) in [6, 6.07) is 10.5. The number of benzene rings is 1. The number of anilines is 1. The Hall–Kier alpha value is -2.45.